The molecule has 1 atom stereocenters. The molecule has 0 bridgehead atoms. The van der Waals surface area contributed by atoms with Crippen LogP contribution in [0.5, 0.6) is 0 Å². The van der Waals surface area contributed by atoms with Gasteiger partial charge in [-0.1, -0.05) is 104 Å². The lowest BCUT2D eigenvalue weighted by atomic mass is 10.0. The smallest absolute Gasteiger partial charge is 0.243 e. The number of carbonyl (C=O) groups is 2. The van der Waals surface area contributed by atoms with E-state index >= 15 is 0 Å². The van der Waals surface area contributed by atoms with E-state index in [9.17, 15) is 9.59 Å². The first-order valence-electron chi connectivity index (χ1n) is 11.6. The standard InChI is InChI=1S/C29H34N2O2/c1-22(2)20-30-29(33)27(18-24-10-6-4-7-11-24)31(21-26-16-14-23(3)15-17-26)28(32)19-25-12-8-5-9-13-25/h4-17,22,27H,18-21H2,1-3H3,(H,30,33)/t27-/m0/s1. The van der Waals surface area contributed by atoms with E-state index < -0.39 is 6.04 Å². The first-order chi connectivity index (χ1) is 15.9. The normalized spacial score (nSPS) is 11.8. The van der Waals surface area contributed by atoms with Gasteiger partial charge in [-0.15, -0.1) is 0 Å². The number of carbonyl (C=O) groups excluding carboxylic acids is 2. The Balaban J connectivity index is 1.93. The number of rotatable bonds is 10. The van der Waals surface area contributed by atoms with Crippen molar-refractivity contribution in [1.29, 1.82) is 0 Å². The number of hydrogen-bond acceptors (Lipinski definition) is 2. The molecule has 0 spiro atoms. The molecule has 0 saturated heterocycles. The highest BCUT2D eigenvalue weighted by Crippen LogP contribution is 2.17. The summed E-state index contributed by atoms with van der Waals surface area (Å²) in [5.41, 5.74) is 4.15. The molecule has 4 nitrogen and oxygen atoms in total. The van der Waals surface area contributed by atoms with Crippen LogP contribution in [-0.2, 0) is 29.0 Å². The van der Waals surface area contributed by atoms with Crippen molar-refractivity contribution in [2.24, 2.45) is 5.92 Å². The van der Waals surface area contributed by atoms with E-state index in [0.717, 1.165) is 22.3 Å². The lowest BCUT2D eigenvalue weighted by Gasteiger charge is -2.32. The lowest BCUT2D eigenvalue weighted by Crippen LogP contribution is -2.51. The highest BCUT2D eigenvalue weighted by atomic mass is 16.2. The van der Waals surface area contributed by atoms with Gasteiger partial charge in [-0.25, -0.2) is 0 Å². The summed E-state index contributed by atoms with van der Waals surface area (Å²) in [4.78, 5) is 28.7. The second-order valence-electron chi connectivity index (χ2n) is 9.01. The summed E-state index contributed by atoms with van der Waals surface area (Å²) in [6, 6.07) is 27.2. The van der Waals surface area contributed by atoms with E-state index in [1.807, 2.05) is 91.9 Å². The van der Waals surface area contributed by atoms with E-state index in [1.54, 1.807) is 4.90 Å². The molecular weight excluding hydrogens is 408 g/mol. The van der Waals surface area contributed by atoms with Crippen molar-refractivity contribution in [1.82, 2.24) is 10.2 Å². The summed E-state index contributed by atoms with van der Waals surface area (Å²) in [6.07, 6.45) is 0.729. The molecule has 3 aromatic rings. The molecule has 0 aliphatic rings. The molecule has 3 rings (SSSR count). The van der Waals surface area contributed by atoms with Gasteiger partial charge in [-0.05, 0) is 29.5 Å². The number of amides is 2. The van der Waals surface area contributed by atoms with Crippen LogP contribution in [0, 0.1) is 12.8 Å². The zero-order valence-corrected chi connectivity index (χ0v) is 19.8. The zero-order valence-electron chi connectivity index (χ0n) is 19.8. The summed E-state index contributed by atoms with van der Waals surface area (Å²) >= 11 is 0. The Kier molecular flexibility index (Phi) is 8.82. The molecule has 0 aliphatic heterocycles. The molecule has 0 aliphatic carbocycles. The molecule has 4 heteroatoms. The van der Waals surface area contributed by atoms with Gasteiger partial charge in [0, 0.05) is 19.5 Å². The number of benzene rings is 3. The van der Waals surface area contributed by atoms with E-state index in [-0.39, 0.29) is 18.2 Å². The highest BCUT2D eigenvalue weighted by molar-refractivity contribution is 5.88. The topological polar surface area (TPSA) is 49.4 Å². The molecule has 1 N–H and O–H groups in total. The quantitative estimate of drug-likeness (QED) is 0.483. The average Bonchev–Trinajstić information content (AvgIpc) is 2.82. The van der Waals surface area contributed by atoms with E-state index in [2.05, 4.69) is 19.2 Å². The third kappa shape index (κ3) is 7.60. The Morgan fingerprint density at radius 1 is 0.788 bits per heavy atom. The largest absolute Gasteiger partial charge is 0.354 e. The van der Waals surface area contributed by atoms with Crippen LogP contribution in [0.3, 0.4) is 0 Å². The van der Waals surface area contributed by atoms with Crippen molar-refractivity contribution in [3.05, 3.63) is 107 Å². The zero-order chi connectivity index (χ0) is 23.6. The minimum absolute atomic E-state index is 0.0533. The Labute approximate surface area is 197 Å². The number of hydrogen-bond donors (Lipinski definition) is 1. The Morgan fingerprint density at radius 2 is 1.36 bits per heavy atom. The Morgan fingerprint density at radius 3 is 1.94 bits per heavy atom. The molecule has 2 amide bonds. The number of nitrogens with one attached hydrogen (secondary N) is 1. The fraction of sp³-hybridized carbons (Fsp3) is 0.310. The summed E-state index contributed by atoms with van der Waals surface area (Å²) in [7, 11) is 0. The summed E-state index contributed by atoms with van der Waals surface area (Å²) in [5, 5.41) is 3.06. The summed E-state index contributed by atoms with van der Waals surface area (Å²) in [6.45, 7) is 7.14. The van der Waals surface area contributed by atoms with Gasteiger partial charge >= 0.3 is 0 Å². The maximum Gasteiger partial charge on any atom is 0.243 e. The molecule has 0 heterocycles. The third-order valence-corrected chi connectivity index (χ3v) is 5.63. The fourth-order valence-electron chi connectivity index (χ4n) is 3.74. The second kappa shape index (κ2) is 12.0. The predicted molar refractivity (Wildman–Crippen MR) is 134 cm³/mol. The van der Waals surface area contributed by atoms with Crippen LogP contribution in [0.25, 0.3) is 0 Å². The first-order valence-corrected chi connectivity index (χ1v) is 11.6. The van der Waals surface area contributed by atoms with Crippen molar-refractivity contribution in [2.75, 3.05) is 6.54 Å². The van der Waals surface area contributed by atoms with Gasteiger partial charge in [0.1, 0.15) is 6.04 Å². The van der Waals surface area contributed by atoms with Crippen LogP contribution in [0.15, 0.2) is 84.9 Å². The molecule has 172 valence electrons. The second-order valence-corrected chi connectivity index (χ2v) is 9.01. The SMILES string of the molecule is Cc1ccc(CN(C(=O)Cc2ccccc2)[C@@H](Cc2ccccc2)C(=O)NCC(C)C)cc1. The van der Waals surface area contributed by atoms with Crippen molar-refractivity contribution >= 4 is 11.8 Å². The van der Waals surface area contributed by atoms with Gasteiger partial charge in [0.25, 0.3) is 0 Å². The van der Waals surface area contributed by atoms with E-state index in [4.69, 9.17) is 0 Å². The molecule has 33 heavy (non-hydrogen) atoms. The van der Waals surface area contributed by atoms with E-state index in [1.165, 1.54) is 0 Å². The maximum absolute atomic E-state index is 13.6. The minimum atomic E-state index is -0.594. The number of nitrogens with zero attached hydrogens (tertiary/aromatic N) is 1. The molecule has 0 saturated carbocycles. The third-order valence-electron chi connectivity index (χ3n) is 5.63. The minimum Gasteiger partial charge on any atom is -0.354 e. The summed E-state index contributed by atoms with van der Waals surface area (Å²) < 4.78 is 0. The maximum atomic E-state index is 13.6. The van der Waals surface area contributed by atoms with Gasteiger partial charge in [0.15, 0.2) is 0 Å². The van der Waals surface area contributed by atoms with Crippen LogP contribution in [0.4, 0.5) is 0 Å². The van der Waals surface area contributed by atoms with Gasteiger partial charge in [-0.2, -0.15) is 0 Å². The van der Waals surface area contributed by atoms with Crippen molar-refractivity contribution in [3.8, 4) is 0 Å². The van der Waals surface area contributed by atoms with Crippen molar-refractivity contribution < 1.29 is 9.59 Å². The van der Waals surface area contributed by atoms with Crippen LogP contribution >= 0.6 is 0 Å². The molecule has 0 aromatic heterocycles. The monoisotopic (exact) mass is 442 g/mol. The van der Waals surface area contributed by atoms with Gasteiger partial charge < -0.3 is 10.2 Å². The lowest BCUT2D eigenvalue weighted by molar-refractivity contribution is -0.140. The Bertz CT molecular complexity index is 1010. The van der Waals surface area contributed by atoms with E-state index in [0.29, 0.717) is 25.4 Å². The molecule has 3 aromatic carbocycles. The molecule has 0 radical (unpaired) electrons. The molecule has 0 fully saturated rings. The predicted octanol–water partition coefficient (Wildman–Crippen LogP) is 4.95. The van der Waals surface area contributed by atoms with Gasteiger partial charge in [0.05, 0.1) is 6.42 Å². The van der Waals surface area contributed by atoms with Crippen LogP contribution < -0.4 is 5.32 Å². The fourth-order valence-corrected chi connectivity index (χ4v) is 3.74. The van der Waals surface area contributed by atoms with Crippen LogP contribution in [0.1, 0.15) is 36.1 Å². The number of aryl methyl sites for hydroxylation is 1. The van der Waals surface area contributed by atoms with Crippen LogP contribution in [0.2, 0.25) is 0 Å². The highest BCUT2D eigenvalue weighted by Gasteiger charge is 2.30. The molecule has 0 unspecified atom stereocenters. The van der Waals surface area contributed by atoms with Crippen molar-refractivity contribution in [2.45, 2.75) is 46.2 Å². The average molecular weight is 443 g/mol. The van der Waals surface area contributed by atoms with Gasteiger partial charge in [-0.3, -0.25) is 9.59 Å². The van der Waals surface area contributed by atoms with Crippen molar-refractivity contribution in [3.63, 3.8) is 0 Å². The Hall–Kier alpha value is -3.40. The van der Waals surface area contributed by atoms with Gasteiger partial charge in [0.2, 0.25) is 11.8 Å². The van der Waals surface area contributed by atoms with Crippen LogP contribution in [-0.4, -0.2) is 29.3 Å². The summed E-state index contributed by atoms with van der Waals surface area (Å²) in [5.74, 6) is 0.167. The molecular formula is C29H34N2O2. The first kappa shape index (κ1) is 24.2.